The predicted octanol–water partition coefficient (Wildman–Crippen LogP) is 0.452. The van der Waals surface area contributed by atoms with E-state index in [4.69, 9.17) is 12.2 Å². The van der Waals surface area contributed by atoms with Crippen molar-refractivity contribution in [1.29, 1.82) is 0 Å². The van der Waals surface area contributed by atoms with Crippen molar-refractivity contribution in [3.05, 3.63) is 38.9 Å². The second kappa shape index (κ2) is 6.31. The Labute approximate surface area is 124 Å². The molecule has 2 amide bonds. The monoisotopic (exact) mass is 306 g/mol. The number of carbonyl (C=O) groups is 2. The molecule has 7 nitrogen and oxygen atoms in total. The van der Waals surface area contributed by atoms with E-state index >= 15 is 0 Å². The fraction of sp³-hybridized carbons (Fsp3) is 0.231. The number of benzene rings is 1. The number of nitrogens with one attached hydrogen (secondary N) is 4. The molecule has 0 saturated carbocycles. The maximum atomic E-state index is 11.9. The van der Waals surface area contributed by atoms with E-state index in [1.54, 1.807) is 6.92 Å². The Kier molecular flexibility index (Phi) is 4.49. The van der Waals surface area contributed by atoms with Gasteiger partial charge in [-0.1, -0.05) is 0 Å². The summed E-state index contributed by atoms with van der Waals surface area (Å²) in [6.07, 6.45) is 0. The summed E-state index contributed by atoms with van der Waals surface area (Å²) >= 11 is 4.89. The molecule has 2 rings (SSSR count). The van der Waals surface area contributed by atoms with Gasteiger partial charge in [0.2, 0.25) is 5.91 Å². The van der Waals surface area contributed by atoms with Gasteiger partial charge >= 0.3 is 0 Å². The number of fused-ring (bicyclic) bond motifs is 1. The topological polar surface area (TPSA) is 107 Å². The molecular weight excluding hydrogens is 292 g/mol. The average molecular weight is 306 g/mol. The first kappa shape index (κ1) is 14.9. The minimum Gasteiger partial charge on any atom is -0.355 e. The molecule has 0 saturated heterocycles. The second-order valence-electron chi connectivity index (χ2n) is 4.30. The summed E-state index contributed by atoms with van der Waals surface area (Å²) in [5.74, 6) is -0.662. The number of aromatic nitrogens is 2. The molecule has 8 heteroatoms. The van der Waals surface area contributed by atoms with Crippen molar-refractivity contribution in [2.45, 2.75) is 6.92 Å². The maximum Gasteiger partial charge on any atom is 0.259 e. The molecule has 0 spiro atoms. The van der Waals surface area contributed by atoms with Crippen LogP contribution < -0.4 is 16.2 Å². The smallest absolute Gasteiger partial charge is 0.259 e. The van der Waals surface area contributed by atoms with Crippen molar-refractivity contribution >= 4 is 34.9 Å². The quantitative estimate of drug-likeness (QED) is 0.615. The molecule has 2 aromatic rings. The van der Waals surface area contributed by atoms with Crippen LogP contribution in [-0.2, 0) is 4.79 Å². The van der Waals surface area contributed by atoms with Crippen LogP contribution in [0.5, 0.6) is 0 Å². The first-order valence-corrected chi connectivity index (χ1v) is 6.73. The van der Waals surface area contributed by atoms with Crippen molar-refractivity contribution in [1.82, 2.24) is 20.6 Å². The van der Waals surface area contributed by atoms with Crippen molar-refractivity contribution < 1.29 is 9.59 Å². The zero-order chi connectivity index (χ0) is 15.4. The van der Waals surface area contributed by atoms with Gasteiger partial charge in [0.05, 0.1) is 17.4 Å². The summed E-state index contributed by atoms with van der Waals surface area (Å²) in [5.41, 5.74) is 0.487. The van der Waals surface area contributed by atoms with E-state index in [2.05, 4.69) is 20.6 Å². The van der Waals surface area contributed by atoms with Gasteiger partial charge in [-0.3, -0.25) is 19.4 Å². The van der Waals surface area contributed by atoms with Gasteiger partial charge in [-0.15, -0.1) is 0 Å². The van der Waals surface area contributed by atoms with E-state index < -0.39 is 5.91 Å². The Morgan fingerprint density at radius 1 is 1.24 bits per heavy atom. The van der Waals surface area contributed by atoms with Gasteiger partial charge in [0, 0.05) is 12.1 Å². The third-order valence-corrected chi connectivity index (χ3v) is 2.99. The number of likely N-dealkylation sites (N-methyl/N-ethyl adjacent to an activating group) is 1. The fourth-order valence-electron chi connectivity index (χ4n) is 1.83. The van der Waals surface area contributed by atoms with Crippen LogP contribution in [0.25, 0.3) is 10.9 Å². The number of H-pyrrole nitrogens is 2. The van der Waals surface area contributed by atoms with E-state index in [1.165, 1.54) is 18.2 Å². The lowest BCUT2D eigenvalue weighted by Gasteiger charge is -2.06. The highest BCUT2D eigenvalue weighted by Gasteiger charge is 2.09. The Bertz CT molecular complexity index is 809. The van der Waals surface area contributed by atoms with Gasteiger partial charge in [-0.25, -0.2) is 0 Å². The number of amides is 2. The highest BCUT2D eigenvalue weighted by molar-refractivity contribution is 7.71. The average Bonchev–Trinajstić information content (AvgIpc) is 2.44. The predicted molar refractivity (Wildman–Crippen MR) is 80.8 cm³/mol. The number of carbonyl (C=O) groups excluding carboxylic acids is 2. The standard InChI is InChI=1S/C13H14N4O3S/c1-2-14-10(18)6-15-11(19)7-3-4-8-9(5-7)16-13(21)17-12(8)20/h3-5H,2,6H2,1H3,(H,14,18)(H,15,19)(H2,16,17,20,21). The third-order valence-electron chi connectivity index (χ3n) is 2.79. The van der Waals surface area contributed by atoms with E-state index in [9.17, 15) is 14.4 Å². The number of hydrogen-bond donors (Lipinski definition) is 4. The molecule has 4 N–H and O–H groups in total. The van der Waals surface area contributed by atoms with Crippen LogP contribution in [0.1, 0.15) is 17.3 Å². The molecule has 0 fully saturated rings. The molecule has 1 aromatic heterocycles. The normalized spacial score (nSPS) is 10.3. The van der Waals surface area contributed by atoms with Crippen LogP contribution in [0.15, 0.2) is 23.0 Å². The largest absolute Gasteiger partial charge is 0.355 e. The van der Waals surface area contributed by atoms with Crippen molar-refractivity contribution in [3.63, 3.8) is 0 Å². The molecule has 110 valence electrons. The molecule has 0 aliphatic heterocycles. The molecule has 0 unspecified atom stereocenters. The van der Waals surface area contributed by atoms with Crippen LogP contribution in [0.3, 0.4) is 0 Å². The molecule has 0 atom stereocenters. The van der Waals surface area contributed by atoms with Crippen LogP contribution in [0.2, 0.25) is 0 Å². The Morgan fingerprint density at radius 2 is 2.00 bits per heavy atom. The molecule has 0 aliphatic rings. The minimum atomic E-state index is -0.400. The second-order valence-corrected chi connectivity index (χ2v) is 4.71. The van der Waals surface area contributed by atoms with Gasteiger partial charge in [-0.05, 0) is 37.3 Å². The summed E-state index contributed by atoms with van der Waals surface area (Å²) in [4.78, 5) is 40.2. The summed E-state index contributed by atoms with van der Waals surface area (Å²) in [6.45, 7) is 2.20. The fourth-order valence-corrected chi connectivity index (χ4v) is 2.04. The maximum absolute atomic E-state index is 11.9. The van der Waals surface area contributed by atoms with Gasteiger partial charge in [0.1, 0.15) is 0 Å². The molecular formula is C13H14N4O3S. The van der Waals surface area contributed by atoms with Crippen molar-refractivity contribution in [2.75, 3.05) is 13.1 Å². The first-order valence-electron chi connectivity index (χ1n) is 6.32. The van der Waals surface area contributed by atoms with Crippen molar-refractivity contribution in [3.8, 4) is 0 Å². The van der Waals surface area contributed by atoms with E-state index in [1.807, 2.05) is 0 Å². The van der Waals surface area contributed by atoms with Gasteiger partial charge in [0.25, 0.3) is 11.5 Å². The van der Waals surface area contributed by atoms with Crippen LogP contribution in [-0.4, -0.2) is 34.9 Å². The zero-order valence-corrected chi connectivity index (χ0v) is 12.1. The Morgan fingerprint density at radius 3 is 2.71 bits per heavy atom. The lowest BCUT2D eigenvalue weighted by atomic mass is 10.1. The number of rotatable bonds is 4. The minimum absolute atomic E-state index is 0.101. The van der Waals surface area contributed by atoms with Crippen LogP contribution in [0.4, 0.5) is 0 Å². The van der Waals surface area contributed by atoms with Gasteiger partial charge in [0.15, 0.2) is 4.77 Å². The zero-order valence-electron chi connectivity index (χ0n) is 11.3. The lowest BCUT2D eigenvalue weighted by molar-refractivity contribution is -0.120. The molecule has 0 radical (unpaired) electrons. The summed E-state index contributed by atoms with van der Waals surface area (Å²) in [5, 5.41) is 5.48. The van der Waals surface area contributed by atoms with Crippen LogP contribution >= 0.6 is 12.2 Å². The number of aromatic amines is 2. The van der Waals surface area contributed by atoms with E-state index in [0.29, 0.717) is 23.0 Å². The molecule has 1 aromatic carbocycles. The number of hydrogen-bond acceptors (Lipinski definition) is 4. The summed E-state index contributed by atoms with van der Waals surface area (Å²) < 4.78 is 0.187. The highest BCUT2D eigenvalue weighted by Crippen LogP contribution is 2.09. The van der Waals surface area contributed by atoms with E-state index in [0.717, 1.165) is 0 Å². The molecule has 21 heavy (non-hydrogen) atoms. The highest BCUT2D eigenvalue weighted by atomic mass is 32.1. The van der Waals surface area contributed by atoms with Gasteiger partial charge in [-0.2, -0.15) is 0 Å². The SMILES string of the molecule is CCNC(=O)CNC(=O)c1ccc2c(=O)[nH]c(=S)[nH]c2c1. The Balaban J connectivity index is 2.23. The van der Waals surface area contributed by atoms with E-state index in [-0.39, 0.29) is 22.8 Å². The molecule has 0 bridgehead atoms. The lowest BCUT2D eigenvalue weighted by Crippen LogP contribution is -2.36. The van der Waals surface area contributed by atoms with Gasteiger partial charge < -0.3 is 15.6 Å². The summed E-state index contributed by atoms with van der Waals surface area (Å²) in [6, 6.07) is 4.56. The van der Waals surface area contributed by atoms with Crippen LogP contribution in [0, 0.1) is 4.77 Å². The van der Waals surface area contributed by atoms with Crippen molar-refractivity contribution in [2.24, 2.45) is 0 Å². The first-order chi connectivity index (χ1) is 10.0. The third kappa shape index (κ3) is 3.54. The molecule has 1 heterocycles. The Hall–Kier alpha value is -2.48. The summed E-state index contributed by atoms with van der Waals surface area (Å²) in [7, 11) is 0. The molecule has 0 aliphatic carbocycles.